The summed E-state index contributed by atoms with van der Waals surface area (Å²) in [7, 11) is 0. The molecule has 1 heterocycles. The van der Waals surface area contributed by atoms with Crippen LogP contribution in [-0.2, 0) is 13.2 Å². The summed E-state index contributed by atoms with van der Waals surface area (Å²) < 4.78 is 20.8. The van der Waals surface area contributed by atoms with Crippen LogP contribution < -0.4 is 26.0 Å². The predicted octanol–water partition coefficient (Wildman–Crippen LogP) is 2.26. The number of aryl methyl sites for hydroxylation is 2. The maximum absolute atomic E-state index is 13.7. The van der Waals surface area contributed by atoms with E-state index in [2.05, 4.69) is 31.5 Å². The molecule has 0 unspecified atom stereocenters. The molecule has 12 heteroatoms. The first kappa shape index (κ1) is 28.8. The van der Waals surface area contributed by atoms with Crippen molar-refractivity contribution in [2.24, 2.45) is 0 Å². The fourth-order valence-electron chi connectivity index (χ4n) is 3.57. The number of hydrogen-bond acceptors (Lipinski definition) is 7. The Hall–Kier alpha value is -3.77. The number of benzene rings is 2. The molecule has 0 saturated carbocycles. The smallest absolute Gasteiger partial charge is 0.276 e. The number of nitrogens with zero attached hydrogens (tertiary/aromatic N) is 2. The van der Waals surface area contributed by atoms with Crippen molar-refractivity contribution in [1.29, 1.82) is 0 Å². The van der Waals surface area contributed by atoms with Crippen molar-refractivity contribution in [2.75, 3.05) is 6.54 Å². The highest BCUT2D eigenvalue weighted by atomic mass is 79.9. The molecule has 0 spiro atoms. The van der Waals surface area contributed by atoms with Gasteiger partial charge in [0, 0.05) is 18.7 Å². The van der Waals surface area contributed by atoms with E-state index in [0.717, 1.165) is 0 Å². The number of nitrogens with one attached hydrogen (secondary N) is 2. The van der Waals surface area contributed by atoms with E-state index in [9.17, 15) is 29.0 Å². The molecule has 3 N–H and O–H groups in total. The second-order valence-electron chi connectivity index (χ2n) is 9.26. The summed E-state index contributed by atoms with van der Waals surface area (Å²) in [5.41, 5.74) is 0.710. The normalized spacial score (nSPS) is 11.2. The zero-order chi connectivity index (χ0) is 28.2. The van der Waals surface area contributed by atoms with Crippen LogP contribution in [0.15, 0.2) is 45.7 Å². The van der Waals surface area contributed by atoms with Crippen molar-refractivity contribution in [3.8, 4) is 11.6 Å². The van der Waals surface area contributed by atoms with Gasteiger partial charge < -0.3 is 30.4 Å². The number of carbonyl (C=O) groups is 2. The second kappa shape index (κ2) is 11.7. The van der Waals surface area contributed by atoms with Gasteiger partial charge in [0.15, 0.2) is 0 Å². The molecule has 0 aliphatic carbocycles. The molecule has 0 aliphatic heterocycles. The van der Waals surface area contributed by atoms with Crippen LogP contribution in [0.2, 0.25) is 0 Å². The van der Waals surface area contributed by atoms with E-state index in [4.69, 9.17) is 4.74 Å². The van der Waals surface area contributed by atoms with Gasteiger partial charge in [-0.3, -0.25) is 14.2 Å². The standard InChI is InChI=1S/C26H28BrFN4O6/c1-14-5-6-16(22(33)30-13-26(3,4)37)10-20(14)32-15(2)31-23(21(27)24(32)34)38-12-17-7-8-19(28)9-18(17)11-29-25(35)36/h5-10,29,37H,11-13H2,1-4H3,(H,30,33)(H,35,36)/p-1. The van der Waals surface area contributed by atoms with E-state index in [-0.39, 0.29) is 35.9 Å². The van der Waals surface area contributed by atoms with E-state index >= 15 is 0 Å². The molecule has 38 heavy (non-hydrogen) atoms. The molecule has 0 saturated heterocycles. The molecule has 0 fully saturated rings. The van der Waals surface area contributed by atoms with Gasteiger partial charge in [0.25, 0.3) is 11.5 Å². The van der Waals surface area contributed by atoms with E-state index in [1.165, 1.54) is 22.8 Å². The summed E-state index contributed by atoms with van der Waals surface area (Å²) in [4.78, 5) is 41.1. The van der Waals surface area contributed by atoms with Crippen LogP contribution >= 0.6 is 15.9 Å². The Morgan fingerprint density at radius 3 is 2.53 bits per heavy atom. The zero-order valence-electron chi connectivity index (χ0n) is 21.2. The Morgan fingerprint density at radius 1 is 1.16 bits per heavy atom. The van der Waals surface area contributed by atoms with Crippen LogP contribution in [-0.4, -0.2) is 38.8 Å². The highest BCUT2D eigenvalue weighted by molar-refractivity contribution is 9.10. The quantitative estimate of drug-likeness (QED) is 0.347. The molecule has 2 aromatic carbocycles. The lowest BCUT2D eigenvalue weighted by Gasteiger charge is -2.19. The van der Waals surface area contributed by atoms with Crippen LogP contribution in [0.4, 0.5) is 9.18 Å². The Labute approximate surface area is 226 Å². The first-order valence-electron chi connectivity index (χ1n) is 11.5. The number of amides is 2. The molecule has 0 radical (unpaired) electrons. The molecular formula is C26H27BrFN4O6-. The number of carbonyl (C=O) groups excluding carboxylic acids is 2. The molecule has 2 amide bonds. The molecule has 0 bridgehead atoms. The number of hydrogen-bond donors (Lipinski definition) is 3. The molecule has 0 aliphatic rings. The topological polar surface area (TPSA) is 146 Å². The van der Waals surface area contributed by atoms with E-state index in [1.807, 2.05) is 0 Å². The fourth-order valence-corrected chi connectivity index (χ4v) is 3.95. The van der Waals surface area contributed by atoms with E-state index in [0.29, 0.717) is 27.9 Å². The molecule has 0 atom stereocenters. The number of carboxylic acid groups (broad SMARTS) is 1. The Bertz CT molecular complexity index is 1430. The summed E-state index contributed by atoms with van der Waals surface area (Å²) in [6, 6.07) is 8.71. The summed E-state index contributed by atoms with van der Waals surface area (Å²) >= 11 is 3.25. The summed E-state index contributed by atoms with van der Waals surface area (Å²) in [6.07, 6.45) is -1.50. The number of rotatable bonds is 9. The number of ether oxygens (including phenoxy) is 1. The van der Waals surface area contributed by atoms with Crippen molar-refractivity contribution < 1.29 is 28.9 Å². The average molecular weight is 590 g/mol. The van der Waals surface area contributed by atoms with Crippen molar-refractivity contribution in [3.05, 3.63) is 85.1 Å². The molecule has 10 nitrogen and oxygen atoms in total. The van der Waals surface area contributed by atoms with Gasteiger partial charge in [-0.05, 0) is 84.6 Å². The minimum Gasteiger partial charge on any atom is -0.530 e. The third kappa shape index (κ3) is 7.17. The number of halogens is 2. The highest BCUT2D eigenvalue weighted by Crippen LogP contribution is 2.24. The molecule has 1 aromatic heterocycles. The van der Waals surface area contributed by atoms with Crippen molar-refractivity contribution in [1.82, 2.24) is 20.2 Å². The Morgan fingerprint density at radius 2 is 1.87 bits per heavy atom. The minimum atomic E-state index is -1.50. The first-order valence-corrected chi connectivity index (χ1v) is 12.3. The number of aromatic nitrogens is 2. The van der Waals surface area contributed by atoms with Crippen LogP contribution in [0.1, 0.15) is 46.7 Å². The Balaban J connectivity index is 1.90. The van der Waals surface area contributed by atoms with Gasteiger partial charge in [0.1, 0.15) is 28.8 Å². The van der Waals surface area contributed by atoms with Crippen molar-refractivity contribution in [3.63, 3.8) is 0 Å². The average Bonchev–Trinajstić information content (AvgIpc) is 2.84. The maximum Gasteiger partial charge on any atom is 0.276 e. The monoisotopic (exact) mass is 589 g/mol. The fraction of sp³-hybridized carbons (Fsp3) is 0.308. The second-order valence-corrected chi connectivity index (χ2v) is 10.1. The molecule has 202 valence electrons. The highest BCUT2D eigenvalue weighted by Gasteiger charge is 2.19. The van der Waals surface area contributed by atoms with Crippen molar-refractivity contribution >= 4 is 27.9 Å². The van der Waals surface area contributed by atoms with Crippen LogP contribution in [0.25, 0.3) is 5.69 Å². The first-order chi connectivity index (χ1) is 17.8. The molecular weight excluding hydrogens is 563 g/mol. The molecule has 3 rings (SSSR count). The maximum atomic E-state index is 13.7. The van der Waals surface area contributed by atoms with Gasteiger partial charge >= 0.3 is 0 Å². The van der Waals surface area contributed by atoms with Gasteiger partial charge in [-0.25, -0.2) is 4.39 Å². The van der Waals surface area contributed by atoms with Gasteiger partial charge in [0.2, 0.25) is 5.88 Å². The lowest BCUT2D eigenvalue weighted by atomic mass is 10.1. The van der Waals surface area contributed by atoms with Gasteiger partial charge in [0.05, 0.1) is 11.3 Å². The third-order valence-corrected chi connectivity index (χ3v) is 6.19. The summed E-state index contributed by atoms with van der Waals surface area (Å²) in [6.45, 7) is 6.28. The lowest BCUT2D eigenvalue weighted by molar-refractivity contribution is -0.251. The Kier molecular flexibility index (Phi) is 8.89. The van der Waals surface area contributed by atoms with Gasteiger partial charge in [-0.1, -0.05) is 12.1 Å². The van der Waals surface area contributed by atoms with Crippen LogP contribution in [0.5, 0.6) is 5.88 Å². The van der Waals surface area contributed by atoms with Crippen LogP contribution in [0.3, 0.4) is 0 Å². The van der Waals surface area contributed by atoms with E-state index in [1.54, 1.807) is 45.9 Å². The lowest BCUT2D eigenvalue weighted by Crippen LogP contribution is -2.38. The van der Waals surface area contributed by atoms with Gasteiger partial charge in [-0.15, -0.1) is 0 Å². The predicted molar refractivity (Wildman–Crippen MR) is 139 cm³/mol. The van der Waals surface area contributed by atoms with E-state index < -0.39 is 29.0 Å². The third-order valence-electron chi connectivity index (χ3n) is 5.52. The van der Waals surface area contributed by atoms with Gasteiger partial charge in [-0.2, -0.15) is 4.98 Å². The molecule has 3 aromatic rings. The van der Waals surface area contributed by atoms with Crippen LogP contribution in [0, 0.1) is 19.7 Å². The number of aliphatic hydroxyl groups is 1. The SMILES string of the molecule is Cc1ccc(C(=O)NCC(C)(C)O)cc1-n1c(C)nc(OCc2ccc(F)cc2CNC(=O)[O-])c(Br)c1=O. The largest absolute Gasteiger partial charge is 0.530 e. The summed E-state index contributed by atoms with van der Waals surface area (Å²) in [5, 5.41) is 25.4. The minimum absolute atomic E-state index is 0.0105. The van der Waals surface area contributed by atoms with Crippen molar-refractivity contribution in [2.45, 2.75) is 46.4 Å². The zero-order valence-corrected chi connectivity index (χ0v) is 22.8. The summed E-state index contributed by atoms with van der Waals surface area (Å²) in [5.74, 6) is -0.686.